The van der Waals surface area contributed by atoms with Crippen molar-refractivity contribution in [2.75, 3.05) is 26.4 Å². The normalized spacial score (nSPS) is 13.9. The molecule has 0 rings (SSSR count). The summed E-state index contributed by atoms with van der Waals surface area (Å²) in [5, 5.41) is 0. The Morgan fingerprint density at radius 2 is 0.701 bits per heavy atom. The van der Waals surface area contributed by atoms with Crippen LogP contribution in [0.15, 0.2) is 122 Å². The summed E-state index contributed by atoms with van der Waals surface area (Å²) in [6.45, 7) is 3.44. The molecule has 0 aliphatic heterocycles. The maximum absolute atomic E-state index is 12.6. The highest BCUT2D eigenvalue weighted by Gasteiger charge is 2.26. The van der Waals surface area contributed by atoms with E-state index in [1.165, 1.54) is 141 Å². The molecule has 0 amide bonds. The van der Waals surface area contributed by atoms with Crippen LogP contribution < -0.4 is 5.73 Å². The van der Waals surface area contributed by atoms with Gasteiger partial charge >= 0.3 is 19.8 Å². The SMILES string of the molecule is CC/C=C\C/C=C\C/C=C\C/C=C\C/C=C\C/C=C\CCC(=O)OC(COC(=O)CCCCCCCCCCCCCCCCCCCCCCCCCC/C=C\C/C=C\C/C=C\C/C=C\CC)COP(=O)(O)OCCN. The van der Waals surface area contributed by atoms with Crippen LogP contribution in [0.1, 0.15) is 258 Å². The summed E-state index contributed by atoms with van der Waals surface area (Å²) in [5.41, 5.74) is 5.38. The molecule has 3 N–H and O–H groups in total. The Hall–Kier alpha value is -3.59. The van der Waals surface area contributed by atoms with Gasteiger partial charge in [-0.05, 0) is 89.9 Å². The fraction of sp³-hybridized carbons (Fsp3) is 0.672. The van der Waals surface area contributed by atoms with Crippen LogP contribution >= 0.6 is 7.82 Å². The first-order chi connectivity index (χ1) is 37.8. The molecular formula is C67H114NO8P. The number of phosphoric ester groups is 1. The van der Waals surface area contributed by atoms with Crippen LogP contribution in [0.2, 0.25) is 0 Å². The van der Waals surface area contributed by atoms with E-state index in [0.717, 1.165) is 83.5 Å². The van der Waals surface area contributed by atoms with Gasteiger partial charge in [-0.15, -0.1) is 0 Å². The van der Waals surface area contributed by atoms with Crippen LogP contribution in [0.25, 0.3) is 0 Å². The molecule has 10 heteroatoms. The first kappa shape index (κ1) is 73.4. The maximum atomic E-state index is 12.6. The molecule has 0 fully saturated rings. The molecular weight excluding hydrogens is 978 g/mol. The van der Waals surface area contributed by atoms with Gasteiger partial charge in [-0.1, -0.05) is 277 Å². The van der Waals surface area contributed by atoms with Crippen molar-refractivity contribution < 1.29 is 37.6 Å². The lowest BCUT2D eigenvalue weighted by molar-refractivity contribution is -0.161. The number of phosphoric acid groups is 1. The van der Waals surface area contributed by atoms with Gasteiger partial charge in [-0.2, -0.15) is 0 Å². The Labute approximate surface area is 472 Å². The van der Waals surface area contributed by atoms with Crippen molar-refractivity contribution in [1.82, 2.24) is 0 Å². The third-order valence-corrected chi connectivity index (χ3v) is 13.8. The molecule has 0 saturated heterocycles. The number of allylic oxidation sites excluding steroid dienone is 20. The highest BCUT2D eigenvalue weighted by Crippen LogP contribution is 2.43. The number of hydrogen-bond donors (Lipinski definition) is 2. The van der Waals surface area contributed by atoms with E-state index >= 15 is 0 Å². The van der Waals surface area contributed by atoms with E-state index in [4.69, 9.17) is 24.3 Å². The van der Waals surface area contributed by atoms with Gasteiger partial charge in [0, 0.05) is 19.4 Å². The van der Waals surface area contributed by atoms with Crippen molar-refractivity contribution in [3.8, 4) is 0 Å². The summed E-state index contributed by atoms with van der Waals surface area (Å²) in [7, 11) is -4.41. The zero-order valence-electron chi connectivity index (χ0n) is 49.2. The molecule has 440 valence electrons. The van der Waals surface area contributed by atoms with E-state index in [1.54, 1.807) is 0 Å². The molecule has 2 atom stereocenters. The first-order valence-corrected chi connectivity index (χ1v) is 32.5. The van der Waals surface area contributed by atoms with Gasteiger partial charge in [-0.25, -0.2) is 4.57 Å². The van der Waals surface area contributed by atoms with Crippen LogP contribution in [0.3, 0.4) is 0 Å². The molecule has 0 aromatic heterocycles. The summed E-state index contributed by atoms with van der Waals surface area (Å²) < 4.78 is 32.9. The Morgan fingerprint density at radius 1 is 0.390 bits per heavy atom. The van der Waals surface area contributed by atoms with E-state index < -0.39 is 32.5 Å². The average Bonchev–Trinajstić information content (AvgIpc) is 3.42. The number of rotatable bonds is 57. The standard InChI is InChI=1S/C67H114NO8P/c1-3-5-7-9-11-13-15-17-19-21-23-24-25-26-27-28-29-30-31-32-33-34-35-36-37-38-39-40-42-43-45-47-49-51-53-55-57-59-66(69)73-63-65(64-75-77(71,72)74-62-61-68)76-67(70)60-58-56-54-52-50-48-46-44-41-22-20-18-16-14-12-10-8-6-4-2/h5-8,11-14,17-20,23-24,41,44,48,50,54,56,65H,3-4,9-10,15-16,21-22,25-40,42-43,45-47,49,51-53,55,57-64,68H2,1-2H3,(H,71,72)/b7-5-,8-6-,13-11-,14-12-,19-17-,20-18-,24-23-,44-41-,50-48-,56-54-. The van der Waals surface area contributed by atoms with Crippen LogP contribution in [0.4, 0.5) is 0 Å². The lowest BCUT2D eigenvalue weighted by atomic mass is 10.0. The molecule has 0 radical (unpaired) electrons. The van der Waals surface area contributed by atoms with E-state index in [-0.39, 0.29) is 32.6 Å². The number of esters is 2. The average molecular weight is 1090 g/mol. The Kier molecular flexibility index (Phi) is 58.7. The minimum absolute atomic E-state index is 0.0377. The van der Waals surface area contributed by atoms with E-state index in [9.17, 15) is 19.0 Å². The molecule has 0 aromatic carbocycles. The highest BCUT2D eigenvalue weighted by molar-refractivity contribution is 7.47. The van der Waals surface area contributed by atoms with Gasteiger partial charge in [-0.3, -0.25) is 18.6 Å². The number of nitrogens with two attached hydrogens (primary N) is 1. The van der Waals surface area contributed by atoms with E-state index in [0.29, 0.717) is 6.42 Å². The summed E-state index contributed by atoms with van der Waals surface area (Å²) in [6.07, 6.45) is 85.9. The number of carbonyl (C=O) groups excluding carboxylic acids is 2. The molecule has 77 heavy (non-hydrogen) atoms. The summed E-state index contributed by atoms with van der Waals surface area (Å²) in [5.74, 6) is -0.925. The lowest BCUT2D eigenvalue weighted by Crippen LogP contribution is -2.29. The zero-order valence-corrected chi connectivity index (χ0v) is 50.0. The third-order valence-electron chi connectivity index (χ3n) is 12.9. The largest absolute Gasteiger partial charge is 0.472 e. The van der Waals surface area contributed by atoms with Gasteiger partial charge in [0.25, 0.3) is 0 Å². The second-order valence-electron chi connectivity index (χ2n) is 20.2. The van der Waals surface area contributed by atoms with Gasteiger partial charge in [0.2, 0.25) is 0 Å². The molecule has 9 nitrogen and oxygen atoms in total. The minimum atomic E-state index is -4.41. The molecule has 0 heterocycles. The highest BCUT2D eigenvalue weighted by atomic mass is 31.2. The lowest BCUT2D eigenvalue weighted by Gasteiger charge is -2.19. The van der Waals surface area contributed by atoms with Crippen molar-refractivity contribution in [1.29, 1.82) is 0 Å². The smallest absolute Gasteiger partial charge is 0.462 e. The third kappa shape index (κ3) is 61.5. The Balaban J connectivity index is 3.89. The van der Waals surface area contributed by atoms with Gasteiger partial charge in [0.05, 0.1) is 13.2 Å². The summed E-state index contributed by atoms with van der Waals surface area (Å²) in [6, 6.07) is 0. The maximum Gasteiger partial charge on any atom is 0.472 e. The van der Waals surface area contributed by atoms with Crippen LogP contribution in [0.5, 0.6) is 0 Å². The Bertz CT molecular complexity index is 1670. The van der Waals surface area contributed by atoms with Gasteiger partial charge in [0.15, 0.2) is 6.10 Å². The molecule has 0 bridgehead atoms. The predicted molar refractivity (Wildman–Crippen MR) is 330 cm³/mol. The summed E-state index contributed by atoms with van der Waals surface area (Å²) >= 11 is 0. The minimum Gasteiger partial charge on any atom is -0.462 e. The summed E-state index contributed by atoms with van der Waals surface area (Å²) in [4.78, 5) is 35.1. The molecule has 0 aliphatic carbocycles. The van der Waals surface area contributed by atoms with Crippen LogP contribution in [-0.2, 0) is 32.7 Å². The van der Waals surface area contributed by atoms with Crippen molar-refractivity contribution in [2.24, 2.45) is 5.73 Å². The van der Waals surface area contributed by atoms with Crippen molar-refractivity contribution in [2.45, 2.75) is 264 Å². The number of carbonyl (C=O) groups is 2. The number of ether oxygens (including phenoxy) is 2. The topological polar surface area (TPSA) is 134 Å². The number of hydrogen-bond acceptors (Lipinski definition) is 8. The fourth-order valence-corrected chi connectivity index (χ4v) is 9.13. The van der Waals surface area contributed by atoms with Gasteiger partial charge < -0.3 is 20.1 Å². The molecule has 0 spiro atoms. The van der Waals surface area contributed by atoms with Gasteiger partial charge in [0.1, 0.15) is 6.61 Å². The monoisotopic (exact) mass is 1090 g/mol. The second kappa shape index (κ2) is 61.6. The first-order valence-electron chi connectivity index (χ1n) is 31.0. The molecule has 0 saturated carbocycles. The molecule has 0 aromatic rings. The van der Waals surface area contributed by atoms with E-state index in [2.05, 4.69) is 123 Å². The number of unbranched alkanes of at least 4 members (excludes halogenated alkanes) is 24. The van der Waals surface area contributed by atoms with E-state index in [1.807, 2.05) is 12.2 Å². The molecule has 0 aliphatic rings. The van der Waals surface area contributed by atoms with Crippen molar-refractivity contribution in [3.63, 3.8) is 0 Å². The predicted octanol–water partition coefficient (Wildman–Crippen LogP) is 20.0. The van der Waals surface area contributed by atoms with Crippen molar-refractivity contribution >= 4 is 19.8 Å². The zero-order chi connectivity index (χ0) is 55.9. The Morgan fingerprint density at radius 3 is 1.05 bits per heavy atom. The fourth-order valence-electron chi connectivity index (χ4n) is 8.36. The molecule has 2 unspecified atom stereocenters. The van der Waals surface area contributed by atoms with Crippen molar-refractivity contribution in [3.05, 3.63) is 122 Å². The quantitative estimate of drug-likeness (QED) is 0.0264. The van der Waals surface area contributed by atoms with Crippen LogP contribution in [-0.4, -0.2) is 49.3 Å². The second-order valence-corrected chi connectivity index (χ2v) is 21.6. The van der Waals surface area contributed by atoms with Crippen LogP contribution in [0, 0.1) is 0 Å².